The van der Waals surface area contributed by atoms with Gasteiger partial charge in [0.25, 0.3) is 11.8 Å². The second kappa shape index (κ2) is 9.74. The fourth-order valence-corrected chi connectivity index (χ4v) is 4.81. The second-order valence-electron chi connectivity index (χ2n) is 9.33. The van der Waals surface area contributed by atoms with Crippen molar-refractivity contribution in [2.24, 2.45) is 0 Å². The maximum atomic E-state index is 14.3. The van der Waals surface area contributed by atoms with Gasteiger partial charge in [-0.2, -0.15) is 0 Å². The molecule has 1 heterocycles. The molecule has 0 aromatic heterocycles. The van der Waals surface area contributed by atoms with E-state index in [2.05, 4.69) is 5.32 Å². The number of rotatable bonds is 6. The maximum absolute atomic E-state index is 14.3. The van der Waals surface area contributed by atoms with Crippen molar-refractivity contribution < 1.29 is 9.59 Å². The molecule has 1 saturated heterocycles. The molecule has 184 valence electrons. The first-order chi connectivity index (χ1) is 17.9. The number of guanidine groups is 1. The van der Waals surface area contributed by atoms with Crippen LogP contribution in [-0.2, 0) is 16.9 Å². The van der Waals surface area contributed by atoms with Crippen molar-refractivity contribution >= 4 is 17.8 Å². The number of nitrogens with one attached hydrogen (secondary N) is 2. The molecule has 2 amide bonds. The highest BCUT2D eigenvalue weighted by Crippen LogP contribution is 2.38. The van der Waals surface area contributed by atoms with Crippen molar-refractivity contribution in [2.45, 2.75) is 12.1 Å². The first-order valence-corrected chi connectivity index (χ1v) is 12.1. The van der Waals surface area contributed by atoms with Crippen LogP contribution < -0.4 is 5.32 Å². The number of benzene rings is 4. The lowest BCUT2D eigenvalue weighted by molar-refractivity contribution is -0.130. The average Bonchev–Trinajstić information content (AvgIpc) is 3.19. The molecule has 1 fully saturated rings. The number of carbonyl (C=O) groups excluding carboxylic acids is 2. The summed E-state index contributed by atoms with van der Waals surface area (Å²) >= 11 is 0. The van der Waals surface area contributed by atoms with Crippen LogP contribution in [0.15, 0.2) is 109 Å². The molecule has 5 rings (SSSR count). The van der Waals surface area contributed by atoms with E-state index in [4.69, 9.17) is 5.41 Å². The van der Waals surface area contributed by atoms with Gasteiger partial charge in [-0.25, -0.2) is 0 Å². The summed E-state index contributed by atoms with van der Waals surface area (Å²) in [6.45, 7) is 0.173. The average molecular weight is 489 g/mol. The lowest BCUT2D eigenvalue weighted by Crippen LogP contribution is -2.45. The van der Waals surface area contributed by atoms with Gasteiger partial charge in [-0.3, -0.25) is 19.9 Å². The molecule has 0 spiro atoms. The van der Waals surface area contributed by atoms with Crippen LogP contribution in [0, 0.1) is 5.41 Å². The number of hydrogen-bond donors (Lipinski definition) is 2. The van der Waals surface area contributed by atoms with Gasteiger partial charge in [-0.15, -0.1) is 0 Å². The number of nitrogens with zero attached hydrogens (tertiary/aromatic N) is 2. The van der Waals surface area contributed by atoms with Crippen molar-refractivity contribution in [3.63, 3.8) is 0 Å². The summed E-state index contributed by atoms with van der Waals surface area (Å²) in [4.78, 5) is 29.7. The van der Waals surface area contributed by atoms with Crippen molar-refractivity contribution in [3.05, 3.63) is 131 Å². The molecular formula is C31H28N4O2. The van der Waals surface area contributed by atoms with Gasteiger partial charge < -0.3 is 10.2 Å². The van der Waals surface area contributed by atoms with E-state index in [0.29, 0.717) is 5.56 Å². The minimum absolute atomic E-state index is 0.0170. The van der Waals surface area contributed by atoms with Gasteiger partial charge in [0, 0.05) is 19.7 Å². The Morgan fingerprint density at radius 1 is 0.811 bits per heavy atom. The molecule has 1 aliphatic rings. The summed E-state index contributed by atoms with van der Waals surface area (Å²) in [6, 6.07) is 34.7. The minimum atomic E-state index is -1.25. The Hall–Kier alpha value is -4.71. The third-order valence-corrected chi connectivity index (χ3v) is 6.67. The highest BCUT2D eigenvalue weighted by molar-refractivity contribution is 6.10. The molecule has 6 heteroatoms. The Morgan fingerprint density at radius 3 is 2.14 bits per heavy atom. The van der Waals surface area contributed by atoms with Crippen LogP contribution in [0.25, 0.3) is 11.1 Å². The number of amides is 2. The Bertz CT molecular complexity index is 1470. The highest BCUT2D eigenvalue weighted by atomic mass is 16.2. The molecule has 0 aliphatic carbocycles. The van der Waals surface area contributed by atoms with Crippen molar-refractivity contribution in [2.75, 3.05) is 14.1 Å². The van der Waals surface area contributed by atoms with Crippen molar-refractivity contribution in [1.82, 2.24) is 15.1 Å². The zero-order valence-electron chi connectivity index (χ0n) is 20.8. The third-order valence-electron chi connectivity index (χ3n) is 6.67. The smallest absolute Gasteiger partial charge is 0.264 e. The Kier molecular flexibility index (Phi) is 6.32. The molecular weight excluding hydrogens is 460 g/mol. The quantitative estimate of drug-likeness (QED) is 0.407. The van der Waals surface area contributed by atoms with Gasteiger partial charge in [0.1, 0.15) is 0 Å². The predicted octanol–water partition coefficient (Wildman–Crippen LogP) is 4.87. The standard InChI is InChI=1S/C31H28N4O2/c1-34(2)28(36)25-15-9-11-22(19-25)21-35-29(37)31(33-30(35)32,26-16-7-4-8-17-26)27-18-10-14-24(20-27)23-12-5-3-6-13-23/h3-20H,21H2,1-2H3,(H2,32,33). The fourth-order valence-electron chi connectivity index (χ4n) is 4.81. The number of hydrogen-bond acceptors (Lipinski definition) is 3. The van der Waals surface area contributed by atoms with Crippen LogP contribution >= 0.6 is 0 Å². The second-order valence-corrected chi connectivity index (χ2v) is 9.33. The summed E-state index contributed by atoms with van der Waals surface area (Å²) in [5.41, 5.74) is 3.62. The van der Waals surface area contributed by atoms with E-state index in [0.717, 1.165) is 27.8 Å². The van der Waals surface area contributed by atoms with E-state index in [1.807, 2.05) is 91.0 Å². The zero-order chi connectivity index (χ0) is 26.0. The van der Waals surface area contributed by atoms with Crippen LogP contribution in [0.1, 0.15) is 27.0 Å². The van der Waals surface area contributed by atoms with E-state index in [9.17, 15) is 9.59 Å². The normalized spacial score (nSPS) is 17.0. The summed E-state index contributed by atoms with van der Waals surface area (Å²) < 4.78 is 0. The molecule has 1 atom stereocenters. The van der Waals surface area contributed by atoms with Gasteiger partial charge in [0.2, 0.25) is 0 Å². The summed E-state index contributed by atoms with van der Waals surface area (Å²) in [5, 5.41) is 12.0. The van der Waals surface area contributed by atoms with E-state index >= 15 is 0 Å². The molecule has 4 aromatic carbocycles. The minimum Gasteiger partial charge on any atom is -0.345 e. The van der Waals surface area contributed by atoms with Crippen molar-refractivity contribution in [3.8, 4) is 11.1 Å². The van der Waals surface area contributed by atoms with Crippen LogP contribution in [-0.4, -0.2) is 41.7 Å². The van der Waals surface area contributed by atoms with Crippen LogP contribution in [0.3, 0.4) is 0 Å². The molecule has 6 nitrogen and oxygen atoms in total. The zero-order valence-corrected chi connectivity index (χ0v) is 20.8. The molecule has 1 unspecified atom stereocenters. The van der Waals surface area contributed by atoms with E-state index in [-0.39, 0.29) is 24.3 Å². The topological polar surface area (TPSA) is 76.5 Å². The van der Waals surface area contributed by atoms with Gasteiger partial charge in [-0.05, 0) is 46.0 Å². The molecule has 37 heavy (non-hydrogen) atoms. The molecule has 1 aliphatic heterocycles. The maximum Gasteiger partial charge on any atom is 0.264 e. The molecule has 0 radical (unpaired) electrons. The lowest BCUT2D eigenvalue weighted by atomic mass is 9.81. The first kappa shape index (κ1) is 24.0. The molecule has 4 aromatic rings. The van der Waals surface area contributed by atoms with Crippen LogP contribution in [0.5, 0.6) is 0 Å². The molecule has 0 saturated carbocycles. The largest absolute Gasteiger partial charge is 0.345 e. The van der Waals surface area contributed by atoms with Gasteiger partial charge >= 0.3 is 0 Å². The third kappa shape index (κ3) is 4.38. The van der Waals surface area contributed by atoms with E-state index in [1.54, 1.807) is 32.3 Å². The van der Waals surface area contributed by atoms with E-state index in [1.165, 1.54) is 9.80 Å². The van der Waals surface area contributed by atoms with Crippen LogP contribution in [0.2, 0.25) is 0 Å². The van der Waals surface area contributed by atoms with Gasteiger partial charge in [0.15, 0.2) is 11.5 Å². The van der Waals surface area contributed by atoms with Gasteiger partial charge in [-0.1, -0.05) is 91.0 Å². The Labute approximate surface area is 216 Å². The summed E-state index contributed by atoms with van der Waals surface area (Å²) in [5.74, 6) is -0.333. The fraction of sp³-hybridized carbons (Fsp3) is 0.129. The molecule has 0 bridgehead atoms. The van der Waals surface area contributed by atoms with Gasteiger partial charge in [0.05, 0.1) is 6.54 Å². The van der Waals surface area contributed by atoms with Crippen LogP contribution in [0.4, 0.5) is 0 Å². The molecule has 2 N–H and O–H groups in total. The Morgan fingerprint density at radius 2 is 1.43 bits per heavy atom. The number of carbonyl (C=O) groups is 2. The summed E-state index contributed by atoms with van der Waals surface area (Å²) in [7, 11) is 3.41. The lowest BCUT2D eigenvalue weighted by Gasteiger charge is -2.29. The SMILES string of the molecule is CN(C)C(=O)c1cccc(CN2C(=N)NC(c3ccccc3)(c3cccc(-c4ccccc4)c3)C2=O)c1. The monoisotopic (exact) mass is 488 g/mol. The first-order valence-electron chi connectivity index (χ1n) is 12.1. The predicted molar refractivity (Wildman–Crippen MR) is 145 cm³/mol. The Balaban J connectivity index is 1.56. The van der Waals surface area contributed by atoms with Crippen molar-refractivity contribution in [1.29, 1.82) is 5.41 Å². The van der Waals surface area contributed by atoms with E-state index < -0.39 is 5.54 Å². The highest BCUT2D eigenvalue weighted by Gasteiger charge is 2.52. The summed E-state index contributed by atoms with van der Waals surface area (Å²) in [6.07, 6.45) is 0.